The number of carbonyl (C=O) groups is 3. The number of rotatable bonds is 6. The Morgan fingerprint density at radius 1 is 0.833 bits per heavy atom. The largest absolute Gasteiger partial charge is 0.371 e. The van der Waals surface area contributed by atoms with Gasteiger partial charge < -0.3 is 25.0 Å². The number of hydrogen-bond acceptors (Lipinski definition) is 5. The van der Waals surface area contributed by atoms with Crippen LogP contribution in [-0.2, 0) is 14.4 Å². The van der Waals surface area contributed by atoms with Crippen molar-refractivity contribution in [3.05, 3.63) is 60.6 Å². The molecule has 42 heavy (non-hydrogen) atoms. The first-order valence-electron chi connectivity index (χ1n) is 15.2. The fraction of sp³-hybridized carbons (Fsp3) is 0.455. The van der Waals surface area contributed by atoms with E-state index in [0.717, 1.165) is 86.4 Å². The van der Waals surface area contributed by atoms with Crippen molar-refractivity contribution in [2.45, 2.75) is 70.5 Å². The van der Waals surface area contributed by atoms with Crippen LogP contribution in [0.5, 0.6) is 0 Å². The van der Waals surface area contributed by atoms with Crippen LogP contribution in [0.2, 0.25) is 0 Å². The van der Waals surface area contributed by atoms with Crippen LogP contribution in [0, 0.1) is 0 Å². The maximum atomic E-state index is 13.0. The van der Waals surface area contributed by atoms with Gasteiger partial charge >= 0.3 is 0 Å². The molecule has 3 fully saturated rings. The van der Waals surface area contributed by atoms with Gasteiger partial charge in [0, 0.05) is 69.1 Å². The summed E-state index contributed by atoms with van der Waals surface area (Å²) in [6, 6.07) is 16.7. The van der Waals surface area contributed by atoms with E-state index < -0.39 is 0 Å². The number of H-pyrrole nitrogens is 1. The highest BCUT2D eigenvalue weighted by Crippen LogP contribution is 2.37. The maximum absolute atomic E-state index is 13.0. The first-order chi connectivity index (χ1) is 20.4. The highest BCUT2D eigenvalue weighted by molar-refractivity contribution is 5.88. The normalized spacial score (nSPS) is 21.1. The Morgan fingerprint density at radius 2 is 1.55 bits per heavy atom. The van der Waals surface area contributed by atoms with Gasteiger partial charge in [0.25, 0.3) is 0 Å². The lowest BCUT2D eigenvalue weighted by Crippen LogP contribution is -2.51. The second kappa shape index (κ2) is 12.0. The molecule has 2 N–H and O–H groups in total. The van der Waals surface area contributed by atoms with Crippen LogP contribution in [-0.4, -0.2) is 75.8 Å². The molecule has 0 saturated carbocycles. The number of carbonyl (C=O) groups excluding carboxylic acids is 3. The molecular formula is C33H40N6O3. The number of benzene rings is 2. The lowest BCUT2D eigenvalue weighted by atomic mass is 9.97. The van der Waals surface area contributed by atoms with Crippen molar-refractivity contribution in [1.29, 1.82) is 0 Å². The Morgan fingerprint density at radius 3 is 2.29 bits per heavy atom. The summed E-state index contributed by atoms with van der Waals surface area (Å²) < 4.78 is 0. The zero-order valence-electron chi connectivity index (χ0n) is 24.5. The molecule has 6 rings (SSSR count). The minimum absolute atomic E-state index is 0.00473. The molecule has 3 amide bonds. The number of nitrogens with one attached hydrogen (secondary N) is 2. The number of anilines is 1. The lowest BCUT2D eigenvalue weighted by molar-refractivity contribution is -0.137. The third-order valence-electron chi connectivity index (χ3n) is 9.09. The van der Waals surface area contributed by atoms with Gasteiger partial charge in [-0.2, -0.15) is 0 Å². The molecule has 4 heterocycles. The van der Waals surface area contributed by atoms with Crippen molar-refractivity contribution in [2.75, 3.05) is 31.1 Å². The Hall–Kier alpha value is -4.14. The predicted molar refractivity (Wildman–Crippen MR) is 163 cm³/mol. The summed E-state index contributed by atoms with van der Waals surface area (Å²) in [5.41, 5.74) is 5.36. The van der Waals surface area contributed by atoms with Crippen molar-refractivity contribution in [2.24, 2.45) is 0 Å². The molecule has 0 bridgehead atoms. The van der Waals surface area contributed by atoms with Gasteiger partial charge in [-0.05, 0) is 56.2 Å². The van der Waals surface area contributed by atoms with Crippen molar-refractivity contribution in [3.63, 3.8) is 0 Å². The summed E-state index contributed by atoms with van der Waals surface area (Å²) in [7, 11) is 0. The summed E-state index contributed by atoms with van der Waals surface area (Å²) in [5, 5.41) is 3.23. The lowest BCUT2D eigenvalue weighted by Gasteiger charge is -2.36. The zero-order chi connectivity index (χ0) is 29.2. The number of aromatic amines is 1. The van der Waals surface area contributed by atoms with Gasteiger partial charge in [-0.25, -0.2) is 4.98 Å². The highest BCUT2D eigenvalue weighted by atomic mass is 16.2. The van der Waals surface area contributed by atoms with E-state index in [0.29, 0.717) is 6.54 Å². The first kappa shape index (κ1) is 28.0. The Bertz CT molecular complexity index is 1440. The fourth-order valence-corrected chi connectivity index (χ4v) is 6.88. The molecule has 3 aromatic rings. The number of piperidine rings is 1. The minimum Gasteiger partial charge on any atom is -0.371 e. The number of imidazole rings is 1. The van der Waals surface area contributed by atoms with Crippen LogP contribution in [0.15, 0.2) is 54.7 Å². The monoisotopic (exact) mass is 568 g/mol. The van der Waals surface area contributed by atoms with Crippen LogP contribution >= 0.6 is 0 Å². The van der Waals surface area contributed by atoms with E-state index in [9.17, 15) is 14.4 Å². The second-order valence-electron chi connectivity index (χ2n) is 11.8. The highest BCUT2D eigenvalue weighted by Gasteiger charge is 2.34. The third-order valence-corrected chi connectivity index (χ3v) is 9.09. The molecule has 9 heteroatoms. The van der Waals surface area contributed by atoms with E-state index in [1.165, 1.54) is 5.69 Å². The average Bonchev–Trinajstić information content (AvgIpc) is 3.78. The third kappa shape index (κ3) is 5.65. The van der Waals surface area contributed by atoms with Crippen LogP contribution < -0.4 is 10.2 Å². The molecule has 3 saturated heterocycles. The molecule has 3 aliphatic heterocycles. The van der Waals surface area contributed by atoms with Gasteiger partial charge in [0.05, 0.1) is 11.7 Å². The molecule has 1 unspecified atom stereocenters. The van der Waals surface area contributed by atoms with Crippen LogP contribution in [0.1, 0.15) is 64.2 Å². The van der Waals surface area contributed by atoms with Gasteiger partial charge in [0.2, 0.25) is 17.7 Å². The van der Waals surface area contributed by atoms with Crippen LogP contribution in [0.25, 0.3) is 22.4 Å². The van der Waals surface area contributed by atoms with E-state index in [-0.39, 0.29) is 35.8 Å². The molecule has 9 nitrogen and oxygen atoms in total. The zero-order valence-corrected chi connectivity index (χ0v) is 24.5. The minimum atomic E-state index is -0.334. The van der Waals surface area contributed by atoms with E-state index in [4.69, 9.17) is 4.98 Å². The van der Waals surface area contributed by atoms with Crippen molar-refractivity contribution < 1.29 is 14.4 Å². The molecule has 1 aromatic heterocycles. The van der Waals surface area contributed by atoms with Crippen molar-refractivity contribution in [3.8, 4) is 22.4 Å². The smallest absolute Gasteiger partial charge is 0.243 e. The standard InChI is InChI=1S/C33H40N6O3/c1-22(40)38-16-6-10-30(38)32-34-21-28(36-32)25-12-13-29(27(20-25)24-8-4-3-5-9-24)37-18-14-26(15-19-37)35-33(42)31-11-7-17-39(31)23(2)41/h3-5,8-9,12-13,20-21,26,30-31H,6-7,10-11,14-19H2,1-2H3,(H,34,36)(H,35,42)/t30?,31-/m0/s1. The van der Waals surface area contributed by atoms with Gasteiger partial charge in [0.1, 0.15) is 11.9 Å². The quantitative estimate of drug-likeness (QED) is 0.455. The fourth-order valence-electron chi connectivity index (χ4n) is 6.88. The summed E-state index contributed by atoms with van der Waals surface area (Å²) >= 11 is 0. The Kier molecular flexibility index (Phi) is 8.00. The van der Waals surface area contributed by atoms with Gasteiger partial charge in [0.15, 0.2) is 0 Å². The predicted octanol–water partition coefficient (Wildman–Crippen LogP) is 4.52. The molecule has 0 aliphatic carbocycles. The van der Waals surface area contributed by atoms with E-state index in [1.807, 2.05) is 17.2 Å². The molecule has 3 aliphatic rings. The molecule has 0 spiro atoms. The summed E-state index contributed by atoms with van der Waals surface area (Å²) in [6.45, 7) is 6.28. The van der Waals surface area contributed by atoms with Crippen LogP contribution in [0.4, 0.5) is 5.69 Å². The van der Waals surface area contributed by atoms with Gasteiger partial charge in [-0.15, -0.1) is 0 Å². The topological polar surface area (TPSA) is 102 Å². The maximum Gasteiger partial charge on any atom is 0.243 e. The summed E-state index contributed by atoms with van der Waals surface area (Å²) in [6.07, 6.45) is 7.19. The van der Waals surface area contributed by atoms with Gasteiger partial charge in [-0.3, -0.25) is 14.4 Å². The second-order valence-corrected chi connectivity index (χ2v) is 11.8. The van der Waals surface area contributed by atoms with Crippen molar-refractivity contribution >= 4 is 23.4 Å². The molecule has 0 radical (unpaired) electrons. The molecule has 2 aromatic carbocycles. The number of likely N-dealkylation sites (tertiary alicyclic amines) is 2. The van der Waals surface area contributed by atoms with Crippen molar-refractivity contribution in [1.82, 2.24) is 25.1 Å². The SMILES string of the molecule is CC(=O)N1CCCC1c1nc(-c2ccc(N3CCC(NC(=O)[C@@H]4CCCN4C(C)=O)CC3)c(-c3ccccc3)c2)c[nH]1. The summed E-state index contributed by atoms with van der Waals surface area (Å²) in [5.74, 6) is 0.891. The molecule has 220 valence electrons. The van der Waals surface area contributed by atoms with Crippen LogP contribution in [0.3, 0.4) is 0 Å². The number of amides is 3. The number of aromatic nitrogens is 2. The first-order valence-corrected chi connectivity index (χ1v) is 15.2. The molecule has 2 atom stereocenters. The average molecular weight is 569 g/mol. The van der Waals surface area contributed by atoms with Gasteiger partial charge in [-0.1, -0.05) is 36.4 Å². The van der Waals surface area contributed by atoms with E-state index in [1.54, 1.807) is 18.7 Å². The van der Waals surface area contributed by atoms with E-state index in [2.05, 4.69) is 57.7 Å². The Balaban J connectivity index is 1.19. The summed E-state index contributed by atoms with van der Waals surface area (Å²) in [4.78, 5) is 51.3. The Labute approximate surface area is 247 Å². The number of hydrogen-bond donors (Lipinski definition) is 2. The molecular weight excluding hydrogens is 528 g/mol. The van der Waals surface area contributed by atoms with E-state index >= 15 is 0 Å². The number of nitrogens with zero attached hydrogens (tertiary/aromatic N) is 4.